The molecule has 3 saturated carbocycles. The zero-order valence-corrected chi connectivity index (χ0v) is 12.7. The van der Waals surface area contributed by atoms with Gasteiger partial charge in [-0.15, -0.1) is 0 Å². The molecule has 0 spiro atoms. The summed E-state index contributed by atoms with van der Waals surface area (Å²) in [5.74, 6) is 2.74. The van der Waals surface area contributed by atoms with Crippen LogP contribution >= 0.6 is 15.9 Å². The molecule has 4 atom stereocenters. The first-order chi connectivity index (χ1) is 9.06. The molecule has 1 N–H and O–H groups in total. The number of hydrogen-bond donors (Lipinski definition) is 1. The molecule has 2 bridgehead atoms. The van der Waals surface area contributed by atoms with E-state index in [1.165, 1.54) is 25.5 Å². The summed E-state index contributed by atoms with van der Waals surface area (Å²) in [7, 11) is -3.42. The summed E-state index contributed by atoms with van der Waals surface area (Å²) in [4.78, 5) is 4.18. The second-order valence-electron chi connectivity index (χ2n) is 5.97. The summed E-state index contributed by atoms with van der Waals surface area (Å²) in [6.45, 7) is 0. The summed E-state index contributed by atoms with van der Waals surface area (Å²) in [5, 5.41) is 0. The quantitative estimate of drug-likeness (QED) is 0.915. The highest BCUT2D eigenvalue weighted by molar-refractivity contribution is 9.10. The topological polar surface area (TPSA) is 59.1 Å². The smallest absolute Gasteiger partial charge is 0.242 e. The van der Waals surface area contributed by atoms with Gasteiger partial charge in [0.1, 0.15) is 4.90 Å². The molecule has 4 nitrogen and oxygen atoms in total. The van der Waals surface area contributed by atoms with Gasteiger partial charge in [0.05, 0.1) is 0 Å². The number of nitrogens with zero attached hydrogens (tertiary/aromatic N) is 1. The molecule has 1 aromatic heterocycles. The monoisotopic (exact) mass is 342 g/mol. The molecule has 1 aromatic rings. The van der Waals surface area contributed by atoms with E-state index in [0.717, 1.165) is 11.8 Å². The number of pyridine rings is 1. The number of halogens is 1. The molecule has 3 aliphatic carbocycles. The van der Waals surface area contributed by atoms with Crippen molar-refractivity contribution in [3.8, 4) is 0 Å². The average Bonchev–Trinajstić information content (AvgIpc) is 2.77. The molecule has 102 valence electrons. The van der Waals surface area contributed by atoms with E-state index in [9.17, 15) is 8.42 Å². The molecule has 3 fully saturated rings. The van der Waals surface area contributed by atoms with Crippen LogP contribution in [0.1, 0.15) is 19.3 Å². The van der Waals surface area contributed by atoms with Crippen molar-refractivity contribution in [3.63, 3.8) is 0 Å². The van der Waals surface area contributed by atoms with Crippen LogP contribution in [0.15, 0.2) is 27.8 Å². The zero-order valence-electron chi connectivity index (χ0n) is 10.3. The van der Waals surface area contributed by atoms with Crippen LogP contribution in [0.5, 0.6) is 0 Å². The van der Waals surface area contributed by atoms with Crippen molar-refractivity contribution < 1.29 is 8.42 Å². The van der Waals surface area contributed by atoms with Crippen molar-refractivity contribution in [2.24, 2.45) is 23.7 Å². The number of fused-ring (bicyclic) bond motifs is 5. The minimum Gasteiger partial charge on any atom is -0.262 e. The Morgan fingerprint density at radius 3 is 2.53 bits per heavy atom. The molecule has 0 aromatic carbocycles. The van der Waals surface area contributed by atoms with E-state index in [1.54, 1.807) is 12.3 Å². The molecule has 4 unspecified atom stereocenters. The number of hydrogen-bond acceptors (Lipinski definition) is 3. The third-order valence-electron chi connectivity index (χ3n) is 5.02. The highest BCUT2D eigenvalue weighted by Gasteiger charge is 2.65. The summed E-state index contributed by atoms with van der Waals surface area (Å²) in [5.41, 5.74) is 0. The molecular formula is C13H15BrN2O2S. The van der Waals surface area contributed by atoms with Gasteiger partial charge in [0.15, 0.2) is 0 Å². The largest absolute Gasteiger partial charge is 0.262 e. The number of aromatic nitrogens is 1. The molecule has 1 heterocycles. The van der Waals surface area contributed by atoms with Crippen LogP contribution < -0.4 is 4.72 Å². The lowest BCUT2D eigenvalue weighted by atomic mass is 10.0. The van der Waals surface area contributed by atoms with Crippen molar-refractivity contribution >= 4 is 26.0 Å². The van der Waals surface area contributed by atoms with Crippen LogP contribution in [0.25, 0.3) is 0 Å². The van der Waals surface area contributed by atoms with Gasteiger partial charge in [-0.25, -0.2) is 13.1 Å². The first-order valence-corrected chi connectivity index (χ1v) is 8.97. The first-order valence-electron chi connectivity index (χ1n) is 6.69. The van der Waals surface area contributed by atoms with E-state index in [1.807, 2.05) is 0 Å². The van der Waals surface area contributed by atoms with Crippen LogP contribution in [0, 0.1) is 23.7 Å². The molecule has 4 rings (SSSR count). The molecule has 3 aliphatic rings. The predicted molar refractivity (Wildman–Crippen MR) is 73.9 cm³/mol. The maximum absolute atomic E-state index is 12.3. The van der Waals surface area contributed by atoms with Crippen LogP contribution in [-0.2, 0) is 10.0 Å². The van der Waals surface area contributed by atoms with E-state index in [-0.39, 0.29) is 10.9 Å². The van der Waals surface area contributed by atoms with E-state index >= 15 is 0 Å². The van der Waals surface area contributed by atoms with Gasteiger partial charge < -0.3 is 0 Å². The number of nitrogens with one attached hydrogen (secondary N) is 1. The highest BCUT2D eigenvalue weighted by atomic mass is 79.9. The van der Waals surface area contributed by atoms with Gasteiger partial charge in [0.2, 0.25) is 10.0 Å². The maximum atomic E-state index is 12.3. The molecule has 0 aliphatic heterocycles. The summed E-state index contributed by atoms with van der Waals surface area (Å²) in [6.07, 6.45) is 6.90. The van der Waals surface area contributed by atoms with Gasteiger partial charge in [0, 0.05) is 22.9 Å². The fourth-order valence-corrected chi connectivity index (χ4v) is 6.08. The Balaban J connectivity index is 1.55. The Hall–Kier alpha value is -0.460. The summed E-state index contributed by atoms with van der Waals surface area (Å²) < 4.78 is 28.2. The second kappa shape index (κ2) is 4.02. The minimum absolute atomic E-state index is 0.176. The van der Waals surface area contributed by atoms with Crippen LogP contribution in [0.2, 0.25) is 0 Å². The number of rotatable bonds is 3. The van der Waals surface area contributed by atoms with Crippen molar-refractivity contribution in [3.05, 3.63) is 22.9 Å². The molecule has 6 heteroatoms. The van der Waals surface area contributed by atoms with E-state index in [2.05, 4.69) is 25.6 Å². The minimum atomic E-state index is -3.42. The molecule has 0 radical (unpaired) electrons. The van der Waals surface area contributed by atoms with Gasteiger partial charge in [-0.2, -0.15) is 0 Å². The van der Waals surface area contributed by atoms with E-state index in [4.69, 9.17) is 0 Å². The van der Waals surface area contributed by atoms with E-state index < -0.39 is 10.0 Å². The third kappa shape index (κ3) is 1.87. The van der Waals surface area contributed by atoms with Crippen molar-refractivity contribution in [1.29, 1.82) is 0 Å². The van der Waals surface area contributed by atoms with Gasteiger partial charge >= 0.3 is 0 Å². The predicted octanol–water partition coefficient (Wildman–Crippen LogP) is 2.17. The SMILES string of the molecule is O=S(=O)(NC1C2C3CCC(C3)C12)c1cncc(Br)c1. The van der Waals surface area contributed by atoms with Crippen LogP contribution in [-0.4, -0.2) is 19.4 Å². The number of sulfonamides is 1. The van der Waals surface area contributed by atoms with Gasteiger partial charge in [-0.3, -0.25) is 4.98 Å². The Bertz CT molecular complexity index is 617. The normalized spacial score (nSPS) is 39.3. The molecular weight excluding hydrogens is 328 g/mol. The van der Waals surface area contributed by atoms with Crippen LogP contribution in [0.3, 0.4) is 0 Å². The van der Waals surface area contributed by atoms with Gasteiger partial charge in [0.25, 0.3) is 0 Å². The molecule has 0 saturated heterocycles. The van der Waals surface area contributed by atoms with Crippen molar-refractivity contribution in [2.75, 3.05) is 0 Å². The third-order valence-corrected chi connectivity index (χ3v) is 6.88. The lowest BCUT2D eigenvalue weighted by Crippen LogP contribution is -2.30. The van der Waals surface area contributed by atoms with Gasteiger partial charge in [-0.1, -0.05) is 0 Å². The average molecular weight is 343 g/mol. The molecule has 0 amide bonds. The Morgan fingerprint density at radius 2 is 1.89 bits per heavy atom. The lowest BCUT2D eigenvalue weighted by Gasteiger charge is -2.11. The Labute approximate surface area is 121 Å². The lowest BCUT2D eigenvalue weighted by molar-refractivity contribution is 0.456. The Morgan fingerprint density at radius 1 is 1.21 bits per heavy atom. The summed E-state index contributed by atoms with van der Waals surface area (Å²) in [6, 6.07) is 1.78. The van der Waals surface area contributed by atoms with Crippen LogP contribution in [0.4, 0.5) is 0 Å². The van der Waals surface area contributed by atoms with E-state index in [0.29, 0.717) is 16.3 Å². The summed E-state index contributed by atoms with van der Waals surface area (Å²) >= 11 is 3.26. The standard InChI is InChI=1S/C13H15BrN2O2S/c14-9-4-10(6-15-5-9)19(17,18)16-13-11-7-1-2-8(3-7)12(11)13/h4-8,11-13,16H,1-3H2. The zero-order chi connectivity index (χ0) is 13.2. The molecule has 19 heavy (non-hydrogen) atoms. The fraction of sp³-hybridized carbons (Fsp3) is 0.615. The second-order valence-corrected chi connectivity index (χ2v) is 8.60. The van der Waals surface area contributed by atoms with Crippen molar-refractivity contribution in [2.45, 2.75) is 30.2 Å². The fourth-order valence-electron chi connectivity index (χ4n) is 4.27. The maximum Gasteiger partial charge on any atom is 0.242 e. The highest BCUT2D eigenvalue weighted by Crippen LogP contribution is 2.65. The van der Waals surface area contributed by atoms with Gasteiger partial charge in [-0.05, 0) is 64.9 Å². The van der Waals surface area contributed by atoms with Crippen molar-refractivity contribution in [1.82, 2.24) is 9.71 Å². The first kappa shape index (κ1) is 12.3. The Kier molecular flexibility index (Phi) is 2.60.